The maximum absolute atomic E-state index is 13.3. The minimum Gasteiger partial charge on any atom is -0.388 e. The Bertz CT molecular complexity index is 6340. The lowest BCUT2D eigenvalue weighted by molar-refractivity contribution is -0.139. The molecule has 0 amide bonds. The third-order valence-corrected chi connectivity index (χ3v) is 25.1. The number of ketones is 6. The summed E-state index contributed by atoms with van der Waals surface area (Å²) in [5.74, 6) is 0.0558. The van der Waals surface area contributed by atoms with E-state index in [0.717, 1.165) is 102 Å². The molecule has 0 radical (unpaired) electrons. The first kappa shape index (κ1) is 104. The zero-order valence-corrected chi connectivity index (χ0v) is 77.0. The molecule has 0 bridgehead atoms. The molecule has 4 aliphatic rings. The SMILES string of the molecule is Cc1cc(C(F)(F)F)cc(C(C)(C)Cc2ncc(C(=O)CO)cn2)c1.Cc1ccc(C2(Cc3ncc(C(=O)CO)cn3)CC2)cc1.O=C(CO)c1cnc(CC(c2ccc(F)cc2)c2ccc(F)cc2)nc1.O=C(CO)c1cnc(CC2(c3cccc(Cl)c3)CC2)nc1.O=C(CO)c1cnc(CC2(c3ccccc3C(F)(F)F)CC2)nc1.O=C(CO)c1cnc(CC2(c3ccccc3Cl)CC2)nc1. The molecule has 0 atom stereocenters. The van der Waals surface area contributed by atoms with Gasteiger partial charge in [-0.25, -0.2) is 68.6 Å². The van der Waals surface area contributed by atoms with E-state index in [-0.39, 0.29) is 79.8 Å². The Kier molecular flexibility index (Phi) is 34.5. The standard InChI is InChI=1S/C20H16F2N2O2.C18H19F3N2O2.C17H15F3N2O2.C17H18N2O2.2C16H15ClN2O2/c21-16-5-1-13(2-6-16)18(14-3-7-17(22)8-4-14)9-20-23-10-15(11-24-20)19(26)12-25;1-11-4-13(6-14(5-11)18(19,20)21)17(2,3)7-16-22-8-12(9-23-16)15(25)10-24;18-17(19,20)13-4-2-1-3-12(13)16(5-6-16)7-15-21-8-11(9-22-15)14(24)10-23;1-12-2-4-14(5-3-12)17(6-7-17)8-16-18-9-13(10-19-16)15(21)11-20;17-13-3-1-2-12(6-13)16(4-5-16)7-15-18-8-11(9-19-15)14(21)10-20;17-13-4-2-1-3-12(13)16(5-6-16)7-15-18-8-11(9-19-15)14(21)10-20/h1-8,10-11,18,25H,9,12H2;4-6,8-9,24H,7,10H2,1-3H3;1-4,8-9,23H,5-7,10H2;2-5,9-10,20H,6-8,11H2,1H3;1-3,6,8-9,20H,4-5,7,10H2;1-4,8-9,20H,5-7,10H2. The maximum Gasteiger partial charge on any atom is 0.416 e. The Morgan fingerprint density at radius 2 is 0.667 bits per heavy atom. The molecule has 6 N–H and O–H groups in total. The van der Waals surface area contributed by atoms with Crippen LogP contribution in [0.5, 0.6) is 0 Å². The zero-order valence-electron chi connectivity index (χ0n) is 75.5. The van der Waals surface area contributed by atoms with Crippen molar-refractivity contribution >= 4 is 57.9 Å². The van der Waals surface area contributed by atoms with Gasteiger partial charge in [0.2, 0.25) is 0 Å². The van der Waals surface area contributed by atoms with Crippen LogP contribution in [0.15, 0.2) is 238 Å². The lowest BCUT2D eigenvalue weighted by atomic mass is 9.80. The van der Waals surface area contributed by atoms with Crippen LogP contribution in [0.4, 0.5) is 35.1 Å². The minimum atomic E-state index is -4.40. The summed E-state index contributed by atoms with van der Waals surface area (Å²) in [6.07, 6.45) is 19.2. The molecule has 6 heterocycles. The number of alkyl halides is 6. The molecule has 716 valence electrons. The van der Waals surface area contributed by atoms with Crippen LogP contribution in [-0.2, 0) is 78.0 Å². The molecule has 6 aromatic heterocycles. The van der Waals surface area contributed by atoms with Gasteiger partial charge in [-0.2, -0.15) is 26.3 Å². The van der Waals surface area contributed by atoms with Crippen LogP contribution in [0.2, 0.25) is 10.0 Å². The van der Waals surface area contributed by atoms with E-state index in [4.69, 9.17) is 53.8 Å². The van der Waals surface area contributed by atoms with Gasteiger partial charge in [0, 0.05) is 151 Å². The van der Waals surface area contributed by atoms with Gasteiger partial charge in [0.1, 0.15) is 86.2 Å². The number of aryl methyl sites for hydroxylation is 2. The van der Waals surface area contributed by atoms with Gasteiger partial charge in [0.05, 0.1) is 44.5 Å². The largest absolute Gasteiger partial charge is 0.416 e. The first-order valence-electron chi connectivity index (χ1n) is 44.0. The van der Waals surface area contributed by atoms with Crippen molar-refractivity contribution in [3.63, 3.8) is 0 Å². The quantitative estimate of drug-likeness (QED) is 0.0174. The van der Waals surface area contributed by atoms with E-state index >= 15 is 0 Å². The van der Waals surface area contributed by atoms with E-state index < -0.39 is 91.3 Å². The van der Waals surface area contributed by atoms with Crippen molar-refractivity contribution < 1.29 is 94.5 Å². The summed E-state index contributed by atoms with van der Waals surface area (Å²) >= 11 is 12.3. The molecular formula is C104H98Cl2F8N12O12. The molecule has 0 aliphatic heterocycles. The molecular weight excluding hydrogens is 1830 g/mol. The molecule has 4 fully saturated rings. The Hall–Kier alpha value is -13.2. The van der Waals surface area contributed by atoms with E-state index in [9.17, 15) is 63.9 Å². The number of rotatable bonds is 31. The van der Waals surface area contributed by atoms with Crippen molar-refractivity contribution in [1.29, 1.82) is 0 Å². The highest BCUT2D eigenvalue weighted by Crippen LogP contribution is 2.56. The molecule has 0 spiro atoms. The van der Waals surface area contributed by atoms with Crippen molar-refractivity contribution in [3.8, 4) is 0 Å². The highest BCUT2D eigenvalue weighted by atomic mass is 35.5. The van der Waals surface area contributed by atoms with Gasteiger partial charge in [-0.3, -0.25) is 28.8 Å². The number of hydrogen-bond donors (Lipinski definition) is 6. The second kappa shape index (κ2) is 45.9. The van der Waals surface area contributed by atoms with Crippen molar-refractivity contribution in [3.05, 3.63) is 389 Å². The third kappa shape index (κ3) is 27.9. The molecule has 0 unspecified atom stereocenters. The average molecular weight is 1930 g/mol. The van der Waals surface area contributed by atoms with Gasteiger partial charge in [0.25, 0.3) is 0 Å². The molecule has 34 heteroatoms. The van der Waals surface area contributed by atoms with E-state index in [0.29, 0.717) is 89.0 Å². The van der Waals surface area contributed by atoms with E-state index in [1.807, 2.05) is 50.2 Å². The second-order valence-corrected chi connectivity index (χ2v) is 35.9. The fraction of sp³-hybridized carbons (Fsp3) is 0.308. The van der Waals surface area contributed by atoms with Crippen LogP contribution in [-0.4, -0.2) is 165 Å². The number of aliphatic hydroxyl groups is 6. The number of benzene rings is 7. The van der Waals surface area contributed by atoms with E-state index in [2.05, 4.69) is 103 Å². The number of Topliss-reactive ketones (excluding diaryl/α,β-unsaturated/α-hetero) is 6. The Balaban J connectivity index is 0.000000149. The molecule has 13 aromatic rings. The molecule has 24 nitrogen and oxygen atoms in total. The average Bonchev–Trinajstić information content (AvgIpc) is 1.59. The monoisotopic (exact) mass is 1930 g/mol. The normalized spacial score (nSPS) is 14.2. The number of aromatic nitrogens is 12. The molecule has 17 rings (SSSR count). The van der Waals surface area contributed by atoms with Crippen LogP contribution in [0, 0.1) is 25.5 Å². The number of carbonyl (C=O) groups excluding carboxylic acids is 6. The fourth-order valence-electron chi connectivity index (χ4n) is 15.8. The van der Waals surface area contributed by atoms with Gasteiger partial charge in [-0.05, 0) is 170 Å². The van der Waals surface area contributed by atoms with Crippen LogP contribution >= 0.6 is 23.2 Å². The predicted octanol–water partition coefficient (Wildman–Crippen LogP) is 17.1. The summed E-state index contributed by atoms with van der Waals surface area (Å²) in [7, 11) is 0. The molecule has 7 aromatic carbocycles. The summed E-state index contributed by atoms with van der Waals surface area (Å²) in [6.45, 7) is 3.94. The maximum atomic E-state index is 13.3. The van der Waals surface area contributed by atoms with Gasteiger partial charge in [-0.15, -0.1) is 0 Å². The Morgan fingerprint density at radius 3 is 1.01 bits per heavy atom. The van der Waals surface area contributed by atoms with Gasteiger partial charge < -0.3 is 30.6 Å². The number of aliphatic hydroxyl groups excluding tert-OH is 6. The lowest BCUT2D eigenvalue weighted by Gasteiger charge is -2.26. The van der Waals surface area contributed by atoms with Gasteiger partial charge in [-0.1, -0.05) is 151 Å². The molecule has 4 aliphatic carbocycles. The topological polar surface area (TPSA) is 378 Å². The fourth-order valence-corrected chi connectivity index (χ4v) is 16.3. The summed E-state index contributed by atoms with van der Waals surface area (Å²) in [5.41, 5.74) is 7.39. The smallest absolute Gasteiger partial charge is 0.388 e. The number of carbonyl (C=O) groups is 6. The van der Waals surface area contributed by atoms with Crippen LogP contribution in [0.1, 0.15) is 229 Å². The van der Waals surface area contributed by atoms with E-state index in [1.165, 1.54) is 127 Å². The Morgan fingerprint density at radius 1 is 0.341 bits per heavy atom. The van der Waals surface area contributed by atoms with Crippen molar-refractivity contribution in [1.82, 2.24) is 59.8 Å². The van der Waals surface area contributed by atoms with Crippen LogP contribution in [0.25, 0.3) is 0 Å². The van der Waals surface area contributed by atoms with Crippen molar-refractivity contribution in [2.45, 2.75) is 163 Å². The molecule has 0 saturated heterocycles. The number of nitrogens with zero attached hydrogens (tertiary/aromatic N) is 12. The lowest BCUT2D eigenvalue weighted by Crippen LogP contribution is -2.23. The third-order valence-electron chi connectivity index (χ3n) is 24.5. The molecule has 4 saturated carbocycles. The van der Waals surface area contributed by atoms with E-state index in [1.54, 1.807) is 43.3 Å². The summed E-state index contributed by atoms with van der Waals surface area (Å²) in [4.78, 5) is 118. The summed E-state index contributed by atoms with van der Waals surface area (Å²) in [6, 6.07) is 46.2. The Labute approximate surface area is 799 Å². The van der Waals surface area contributed by atoms with Gasteiger partial charge in [0.15, 0.2) is 34.7 Å². The highest BCUT2D eigenvalue weighted by molar-refractivity contribution is 6.31. The predicted molar refractivity (Wildman–Crippen MR) is 496 cm³/mol. The molecule has 138 heavy (non-hydrogen) atoms. The summed E-state index contributed by atoms with van der Waals surface area (Å²) in [5, 5.41) is 54.5. The number of hydrogen-bond acceptors (Lipinski definition) is 24. The minimum absolute atomic E-state index is 0.0286. The number of halogens is 10. The first-order chi connectivity index (χ1) is 65.8. The van der Waals surface area contributed by atoms with Crippen LogP contribution in [0.3, 0.4) is 0 Å². The zero-order chi connectivity index (χ0) is 99.3. The first-order valence-corrected chi connectivity index (χ1v) is 44.8. The second-order valence-electron chi connectivity index (χ2n) is 35.0. The van der Waals surface area contributed by atoms with Crippen LogP contribution < -0.4 is 0 Å². The highest BCUT2D eigenvalue weighted by Gasteiger charge is 2.51. The summed E-state index contributed by atoms with van der Waals surface area (Å²) < 4.78 is 105. The van der Waals surface area contributed by atoms with Gasteiger partial charge >= 0.3 is 12.4 Å². The van der Waals surface area contributed by atoms with Crippen molar-refractivity contribution in [2.75, 3.05) is 39.6 Å². The van der Waals surface area contributed by atoms with Crippen molar-refractivity contribution in [2.24, 2.45) is 0 Å².